The first-order valence-electron chi connectivity index (χ1n) is 5.86. The summed E-state index contributed by atoms with van der Waals surface area (Å²) in [5.41, 5.74) is 5.54. The molecule has 1 heterocycles. The van der Waals surface area contributed by atoms with E-state index in [0.717, 1.165) is 32.2 Å². The number of rotatable bonds is 4. The van der Waals surface area contributed by atoms with Crippen LogP contribution in [0.2, 0.25) is 0 Å². The highest BCUT2D eigenvalue weighted by molar-refractivity contribution is 5.81. The Morgan fingerprint density at radius 1 is 1.60 bits per heavy atom. The Bertz CT molecular complexity index is 208. The molecule has 0 spiro atoms. The molecule has 0 saturated carbocycles. The van der Waals surface area contributed by atoms with Crippen LogP contribution >= 0.6 is 0 Å². The van der Waals surface area contributed by atoms with Gasteiger partial charge in [0.25, 0.3) is 0 Å². The van der Waals surface area contributed by atoms with Crippen molar-refractivity contribution in [3.63, 3.8) is 0 Å². The molecule has 15 heavy (non-hydrogen) atoms. The van der Waals surface area contributed by atoms with E-state index in [2.05, 4.69) is 17.1 Å². The molecule has 0 aromatic carbocycles. The van der Waals surface area contributed by atoms with E-state index < -0.39 is 0 Å². The first kappa shape index (κ1) is 12.5. The highest BCUT2D eigenvalue weighted by Crippen LogP contribution is 2.14. The van der Waals surface area contributed by atoms with Gasteiger partial charge in [-0.1, -0.05) is 0 Å². The van der Waals surface area contributed by atoms with Gasteiger partial charge in [-0.2, -0.15) is 0 Å². The average molecular weight is 213 g/mol. The molecule has 1 rings (SSSR count). The molecule has 1 fully saturated rings. The molecular formula is C11H23N3O. The maximum atomic E-state index is 11.8. The van der Waals surface area contributed by atoms with Gasteiger partial charge in [0.15, 0.2) is 0 Å². The van der Waals surface area contributed by atoms with Gasteiger partial charge < -0.3 is 11.1 Å². The van der Waals surface area contributed by atoms with Crippen LogP contribution < -0.4 is 11.1 Å². The van der Waals surface area contributed by atoms with E-state index in [-0.39, 0.29) is 11.9 Å². The molecule has 0 aliphatic carbocycles. The lowest BCUT2D eigenvalue weighted by Gasteiger charge is -2.31. The SMILES string of the molecule is CC(CCN)N(C)C1CCCCNC1=O. The van der Waals surface area contributed by atoms with Crippen LogP contribution in [0.1, 0.15) is 32.6 Å². The monoisotopic (exact) mass is 213 g/mol. The minimum atomic E-state index is 0.0362. The summed E-state index contributed by atoms with van der Waals surface area (Å²) in [5, 5.41) is 2.96. The maximum absolute atomic E-state index is 11.8. The third-order valence-corrected chi connectivity index (χ3v) is 3.28. The van der Waals surface area contributed by atoms with Gasteiger partial charge in [-0.05, 0) is 46.2 Å². The second-order valence-corrected chi connectivity index (χ2v) is 4.39. The lowest BCUT2D eigenvalue weighted by Crippen LogP contribution is -2.47. The summed E-state index contributed by atoms with van der Waals surface area (Å²) < 4.78 is 0. The predicted molar refractivity (Wildman–Crippen MR) is 61.5 cm³/mol. The molecule has 4 nitrogen and oxygen atoms in total. The van der Waals surface area contributed by atoms with Crippen molar-refractivity contribution in [2.24, 2.45) is 5.73 Å². The second kappa shape index (κ2) is 6.08. The van der Waals surface area contributed by atoms with Gasteiger partial charge in [-0.3, -0.25) is 9.69 Å². The number of carbonyl (C=O) groups excluding carboxylic acids is 1. The molecule has 1 saturated heterocycles. The largest absolute Gasteiger partial charge is 0.355 e. The third kappa shape index (κ3) is 3.47. The Balaban J connectivity index is 2.54. The van der Waals surface area contributed by atoms with Gasteiger partial charge in [0.1, 0.15) is 0 Å². The molecule has 0 aromatic heterocycles. The zero-order valence-electron chi connectivity index (χ0n) is 9.83. The lowest BCUT2D eigenvalue weighted by molar-refractivity contribution is -0.126. The summed E-state index contributed by atoms with van der Waals surface area (Å²) in [4.78, 5) is 13.9. The van der Waals surface area contributed by atoms with Crippen LogP contribution in [-0.4, -0.2) is 43.0 Å². The molecule has 1 aliphatic heterocycles. The summed E-state index contributed by atoms with van der Waals surface area (Å²) in [7, 11) is 2.02. The van der Waals surface area contributed by atoms with E-state index in [9.17, 15) is 4.79 Å². The fraction of sp³-hybridized carbons (Fsp3) is 0.909. The zero-order valence-corrected chi connectivity index (χ0v) is 9.83. The van der Waals surface area contributed by atoms with E-state index in [0.29, 0.717) is 12.6 Å². The van der Waals surface area contributed by atoms with Crippen molar-refractivity contribution < 1.29 is 4.79 Å². The Hall–Kier alpha value is -0.610. The fourth-order valence-electron chi connectivity index (χ4n) is 2.06. The predicted octanol–water partition coefficient (Wildman–Crippen LogP) is 0.324. The number of carbonyl (C=O) groups is 1. The number of hydrogen-bond donors (Lipinski definition) is 2. The number of nitrogens with two attached hydrogens (primary N) is 1. The van der Waals surface area contributed by atoms with Crippen LogP contribution in [0.25, 0.3) is 0 Å². The van der Waals surface area contributed by atoms with Crippen LogP contribution in [0.3, 0.4) is 0 Å². The third-order valence-electron chi connectivity index (χ3n) is 3.28. The molecule has 3 N–H and O–H groups in total. The number of likely N-dealkylation sites (N-methyl/N-ethyl adjacent to an activating group) is 1. The lowest BCUT2D eigenvalue weighted by atomic mass is 10.1. The molecule has 1 aliphatic rings. The average Bonchev–Trinajstić information content (AvgIpc) is 2.42. The topological polar surface area (TPSA) is 58.4 Å². The van der Waals surface area contributed by atoms with Crippen LogP contribution in [-0.2, 0) is 4.79 Å². The van der Waals surface area contributed by atoms with Crippen LogP contribution in [0.4, 0.5) is 0 Å². The summed E-state index contributed by atoms with van der Waals surface area (Å²) in [6.45, 7) is 3.64. The molecule has 2 unspecified atom stereocenters. The molecule has 1 amide bonds. The highest BCUT2D eigenvalue weighted by Gasteiger charge is 2.26. The Morgan fingerprint density at radius 2 is 2.33 bits per heavy atom. The Morgan fingerprint density at radius 3 is 3.00 bits per heavy atom. The van der Waals surface area contributed by atoms with E-state index in [1.165, 1.54) is 0 Å². The number of amides is 1. The van der Waals surface area contributed by atoms with Crippen molar-refractivity contribution in [2.75, 3.05) is 20.1 Å². The van der Waals surface area contributed by atoms with Crippen LogP contribution in [0.15, 0.2) is 0 Å². The quantitative estimate of drug-likeness (QED) is 0.707. The van der Waals surface area contributed by atoms with Crippen LogP contribution in [0, 0.1) is 0 Å². The van der Waals surface area contributed by atoms with E-state index in [4.69, 9.17) is 5.73 Å². The molecule has 0 aromatic rings. The van der Waals surface area contributed by atoms with Gasteiger partial charge in [-0.25, -0.2) is 0 Å². The molecule has 4 heteroatoms. The minimum absolute atomic E-state index is 0.0362. The first-order chi connectivity index (χ1) is 7.16. The maximum Gasteiger partial charge on any atom is 0.237 e. The summed E-state index contributed by atoms with van der Waals surface area (Å²) in [6.07, 6.45) is 4.14. The van der Waals surface area contributed by atoms with Crippen molar-refractivity contribution in [3.05, 3.63) is 0 Å². The van der Waals surface area contributed by atoms with Crippen molar-refractivity contribution in [1.82, 2.24) is 10.2 Å². The number of nitrogens with one attached hydrogen (secondary N) is 1. The van der Waals surface area contributed by atoms with Crippen LogP contribution in [0.5, 0.6) is 0 Å². The highest BCUT2D eigenvalue weighted by atomic mass is 16.2. The number of nitrogens with zero attached hydrogens (tertiary/aromatic N) is 1. The smallest absolute Gasteiger partial charge is 0.237 e. The van der Waals surface area contributed by atoms with Crippen molar-refractivity contribution >= 4 is 5.91 Å². The van der Waals surface area contributed by atoms with Gasteiger partial charge >= 0.3 is 0 Å². The van der Waals surface area contributed by atoms with E-state index in [1.54, 1.807) is 0 Å². The van der Waals surface area contributed by atoms with Gasteiger partial charge in [0.2, 0.25) is 5.91 Å². The van der Waals surface area contributed by atoms with Crippen molar-refractivity contribution in [1.29, 1.82) is 0 Å². The summed E-state index contributed by atoms with van der Waals surface area (Å²) in [5.74, 6) is 0.180. The first-order valence-corrected chi connectivity index (χ1v) is 5.86. The zero-order chi connectivity index (χ0) is 11.3. The number of hydrogen-bond acceptors (Lipinski definition) is 3. The molecule has 2 atom stereocenters. The van der Waals surface area contributed by atoms with E-state index >= 15 is 0 Å². The normalized spacial score (nSPS) is 24.8. The Labute approximate surface area is 92.2 Å². The molecular weight excluding hydrogens is 190 g/mol. The van der Waals surface area contributed by atoms with Gasteiger partial charge in [0, 0.05) is 12.6 Å². The standard InChI is InChI=1S/C11H23N3O/c1-9(6-7-12)14(2)10-5-3-4-8-13-11(10)15/h9-10H,3-8,12H2,1-2H3,(H,13,15). The Kier molecular flexibility index (Phi) is 5.05. The summed E-state index contributed by atoms with van der Waals surface area (Å²) in [6, 6.07) is 0.415. The second-order valence-electron chi connectivity index (χ2n) is 4.39. The fourth-order valence-corrected chi connectivity index (χ4v) is 2.06. The molecule has 0 radical (unpaired) electrons. The van der Waals surface area contributed by atoms with Gasteiger partial charge in [0.05, 0.1) is 6.04 Å². The minimum Gasteiger partial charge on any atom is -0.355 e. The van der Waals surface area contributed by atoms with Gasteiger partial charge in [-0.15, -0.1) is 0 Å². The van der Waals surface area contributed by atoms with Crippen molar-refractivity contribution in [2.45, 2.75) is 44.7 Å². The molecule has 0 bridgehead atoms. The molecule has 88 valence electrons. The van der Waals surface area contributed by atoms with E-state index in [1.807, 2.05) is 7.05 Å². The summed E-state index contributed by atoms with van der Waals surface area (Å²) >= 11 is 0. The van der Waals surface area contributed by atoms with Crippen molar-refractivity contribution in [3.8, 4) is 0 Å².